The third kappa shape index (κ3) is 3.11. The number of hydrogen-bond acceptors (Lipinski definition) is 4. The molecular weight excluding hydrogens is 306 g/mol. The van der Waals surface area contributed by atoms with E-state index in [1.165, 1.54) is 12.3 Å². The van der Waals surface area contributed by atoms with Gasteiger partial charge in [0, 0.05) is 12.7 Å². The molecule has 0 amide bonds. The Bertz CT molecular complexity index is 825. The average molecular weight is 323 g/mol. The number of nitrogens with zero attached hydrogens (tertiary/aromatic N) is 2. The van der Waals surface area contributed by atoms with Gasteiger partial charge in [0.15, 0.2) is 0 Å². The van der Waals surface area contributed by atoms with Gasteiger partial charge < -0.3 is 5.11 Å². The molecule has 0 aliphatic rings. The van der Waals surface area contributed by atoms with Crippen molar-refractivity contribution in [3.63, 3.8) is 0 Å². The third-order valence-electron chi connectivity index (χ3n) is 3.37. The van der Waals surface area contributed by atoms with Crippen LogP contribution in [0.3, 0.4) is 0 Å². The normalized spacial score (nSPS) is 11.4. The number of benzene rings is 1. The van der Waals surface area contributed by atoms with Crippen LogP contribution in [0.1, 0.15) is 28.4 Å². The van der Waals surface area contributed by atoms with Crippen LogP contribution in [0.5, 0.6) is 0 Å². The van der Waals surface area contributed by atoms with Gasteiger partial charge in [0.05, 0.1) is 22.3 Å². The van der Waals surface area contributed by atoms with Crippen LogP contribution in [0.15, 0.2) is 29.4 Å². The van der Waals surface area contributed by atoms with Crippen LogP contribution in [-0.4, -0.2) is 29.3 Å². The quantitative estimate of drug-likeness (QED) is 0.876. The first-order valence-electron chi connectivity index (χ1n) is 6.64. The minimum Gasteiger partial charge on any atom is -0.478 e. The molecule has 2 rings (SSSR count). The van der Waals surface area contributed by atoms with E-state index in [0.717, 1.165) is 6.07 Å². The molecule has 0 radical (unpaired) electrons. The van der Waals surface area contributed by atoms with Gasteiger partial charge in [-0.2, -0.15) is 5.10 Å². The minimum absolute atomic E-state index is 0.0471. The van der Waals surface area contributed by atoms with Crippen molar-refractivity contribution in [3.05, 3.63) is 41.2 Å². The zero-order valence-corrected chi connectivity index (χ0v) is 13.3. The molecule has 0 saturated carbocycles. The van der Waals surface area contributed by atoms with Crippen LogP contribution >= 0.6 is 0 Å². The fraction of sp³-hybridized carbons (Fsp3) is 0.286. The highest BCUT2D eigenvalue weighted by atomic mass is 32.2. The maximum atomic E-state index is 12.5. The SMILES string of the molecule is CCn1cc(NS(=O)(=O)c2cc(C(=O)O)cc(C)c2C)cn1. The largest absolute Gasteiger partial charge is 0.478 e. The summed E-state index contributed by atoms with van der Waals surface area (Å²) in [6, 6.07) is 2.61. The molecule has 1 aromatic carbocycles. The van der Waals surface area contributed by atoms with Gasteiger partial charge in [0.1, 0.15) is 0 Å². The second kappa shape index (κ2) is 5.80. The number of anilines is 1. The second-order valence-electron chi connectivity index (χ2n) is 4.91. The Hall–Kier alpha value is -2.35. The molecule has 2 aromatic rings. The highest BCUT2D eigenvalue weighted by Crippen LogP contribution is 2.23. The summed E-state index contributed by atoms with van der Waals surface area (Å²) in [5, 5.41) is 13.1. The number of carboxylic acids is 1. The van der Waals surface area contributed by atoms with Crippen molar-refractivity contribution in [3.8, 4) is 0 Å². The Morgan fingerprint density at radius 3 is 2.59 bits per heavy atom. The first-order valence-corrected chi connectivity index (χ1v) is 8.12. The Kier molecular flexibility index (Phi) is 4.23. The van der Waals surface area contributed by atoms with E-state index in [0.29, 0.717) is 23.4 Å². The molecule has 2 N–H and O–H groups in total. The third-order valence-corrected chi connectivity index (χ3v) is 4.87. The number of aryl methyl sites for hydroxylation is 2. The van der Waals surface area contributed by atoms with Gasteiger partial charge in [-0.15, -0.1) is 0 Å². The lowest BCUT2D eigenvalue weighted by Gasteiger charge is -2.12. The van der Waals surface area contributed by atoms with E-state index in [1.54, 1.807) is 24.7 Å². The smallest absolute Gasteiger partial charge is 0.335 e. The maximum absolute atomic E-state index is 12.5. The summed E-state index contributed by atoms with van der Waals surface area (Å²) < 4.78 is 29.0. The number of aromatic nitrogens is 2. The lowest BCUT2D eigenvalue weighted by molar-refractivity contribution is 0.0696. The van der Waals surface area contributed by atoms with E-state index < -0.39 is 16.0 Å². The number of aromatic carboxylic acids is 1. The Morgan fingerprint density at radius 1 is 1.36 bits per heavy atom. The highest BCUT2D eigenvalue weighted by Gasteiger charge is 2.21. The van der Waals surface area contributed by atoms with Crippen molar-refractivity contribution in [2.24, 2.45) is 0 Å². The van der Waals surface area contributed by atoms with Crippen molar-refractivity contribution in [2.75, 3.05) is 4.72 Å². The van der Waals surface area contributed by atoms with Gasteiger partial charge >= 0.3 is 5.97 Å². The zero-order chi connectivity index (χ0) is 16.5. The molecule has 0 fully saturated rings. The van der Waals surface area contributed by atoms with E-state index >= 15 is 0 Å². The average Bonchev–Trinajstić information content (AvgIpc) is 2.88. The molecule has 0 aliphatic carbocycles. The molecular formula is C14H17N3O4S. The summed E-state index contributed by atoms with van der Waals surface area (Å²) in [5.41, 5.74) is 1.39. The molecule has 0 unspecified atom stereocenters. The lowest BCUT2D eigenvalue weighted by atomic mass is 10.1. The van der Waals surface area contributed by atoms with Gasteiger partial charge in [-0.3, -0.25) is 9.40 Å². The molecule has 0 atom stereocenters. The van der Waals surface area contributed by atoms with Crippen LogP contribution in [0, 0.1) is 13.8 Å². The molecule has 0 spiro atoms. The number of rotatable bonds is 5. The van der Waals surface area contributed by atoms with Crippen LogP contribution in [0.4, 0.5) is 5.69 Å². The first-order chi connectivity index (χ1) is 10.2. The summed E-state index contributed by atoms with van der Waals surface area (Å²) in [6.45, 7) is 5.82. The van der Waals surface area contributed by atoms with Gasteiger partial charge in [-0.1, -0.05) is 0 Å². The number of hydrogen-bond donors (Lipinski definition) is 2. The first kappa shape index (κ1) is 16.0. The van der Waals surface area contributed by atoms with Crippen molar-refractivity contribution in [1.82, 2.24) is 9.78 Å². The van der Waals surface area contributed by atoms with Crippen LogP contribution in [0.2, 0.25) is 0 Å². The predicted octanol–water partition coefficient (Wildman–Crippen LogP) is 2.02. The minimum atomic E-state index is -3.88. The van der Waals surface area contributed by atoms with Crippen molar-refractivity contribution < 1.29 is 18.3 Å². The van der Waals surface area contributed by atoms with Crippen LogP contribution in [0.25, 0.3) is 0 Å². The molecule has 7 nitrogen and oxygen atoms in total. The van der Waals surface area contributed by atoms with Gasteiger partial charge in [-0.25, -0.2) is 13.2 Å². The van der Waals surface area contributed by atoms with Crippen LogP contribution in [-0.2, 0) is 16.6 Å². The van der Waals surface area contributed by atoms with E-state index in [4.69, 9.17) is 5.11 Å². The number of nitrogens with one attached hydrogen (secondary N) is 1. The lowest BCUT2D eigenvalue weighted by Crippen LogP contribution is -2.15. The molecule has 0 saturated heterocycles. The fourth-order valence-corrected chi connectivity index (χ4v) is 3.40. The zero-order valence-electron chi connectivity index (χ0n) is 12.5. The van der Waals surface area contributed by atoms with E-state index in [9.17, 15) is 13.2 Å². The molecule has 22 heavy (non-hydrogen) atoms. The van der Waals surface area contributed by atoms with Crippen molar-refractivity contribution >= 4 is 21.7 Å². The molecule has 0 bridgehead atoms. The Morgan fingerprint density at radius 2 is 2.05 bits per heavy atom. The van der Waals surface area contributed by atoms with E-state index in [2.05, 4.69) is 9.82 Å². The van der Waals surface area contributed by atoms with E-state index in [-0.39, 0.29) is 10.5 Å². The molecule has 0 aliphatic heterocycles. The summed E-state index contributed by atoms with van der Waals surface area (Å²) in [4.78, 5) is 11.1. The van der Waals surface area contributed by atoms with Gasteiger partial charge in [-0.05, 0) is 44.0 Å². The summed E-state index contributed by atoms with van der Waals surface area (Å²) in [6.07, 6.45) is 2.98. The molecule has 1 aromatic heterocycles. The highest BCUT2D eigenvalue weighted by molar-refractivity contribution is 7.92. The number of carboxylic acid groups (broad SMARTS) is 1. The summed E-state index contributed by atoms with van der Waals surface area (Å²) >= 11 is 0. The van der Waals surface area contributed by atoms with E-state index in [1.807, 2.05) is 6.92 Å². The maximum Gasteiger partial charge on any atom is 0.335 e. The van der Waals surface area contributed by atoms with Gasteiger partial charge in [0.25, 0.3) is 10.0 Å². The van der Waals surface area contributed by atoms with Crippen LogP contribution < -0.4 is 4.72 Å². The number of sulfonamides is 1. The number of carbonyl (C=O) groups is 1. The molecule has 8 heteroatoms. The standard InChI is InChI=1S/C14H17N3O4S/c1-4-17-8-12(7-15-17)16-22(20,21)13-6-11(14(18)19)5-9(2)10(13)3/h5-8,16H,4H2,1-3H3,(H,18,19). The van der Waals surface area contributed by atoms with Gasteiger partial charge in [0.2, 0.25) is 0 Å². The summed E-state index contributed by atoms with van der Waals surface area (Å²) in [7, 11) is -3.88. The topological polar surface area (TPSA) is 101 Å². The predicted molar refractivity (Wildman–Crippen MR) is 81.6 cm³/mol. The van der Waals surface area contributed by atoms with Crippen molar-refractivity contribution in [2.45, 2.75) is 32.2 Å². The molecule has 1 heterocycles. The monoisotopic (exact) mass is 323 g/mol. The fourth-order valence-electron chi connectivity index (χ4n) is 2.03. The second-order valence-corrected chi connectivity index (χ2v) is 6.56. The summed E-state index contributed by atoms with van der Waals surface area (Å²) in [5.74, 6) is -1.17. The Labute approximate surface area is 128 Å². The Balaban J connectivity index is 2.46. The molecule has 118 valence electrons. The van der Waals surface area contributed by atoms with Crippen molar-refractivity contribution in [1.29, 1.82) is 0 Å².